The fourth-order valence-electron chi connectivity index (χ4n) is 1.15. The second-order valence-electron chi connectivity index (χ2n) is 2.93. The van der Waals surface area contributed by atoms with Crippen molar-refractivity contribution in [2.45, 2.75) is 13.0 Å². The summed E-state index contributed by atoms with van der Waals surface area (Å²) in [6.45, 7) is 0.437. The van der Waals surface area contributed by atoms with Gasteiger partial charge in [0.25, 0.3) is 0 Å². The highest BCUT2D eigenvalue weighted by Gasteiger charge is 2.04. The van der Waals surface area contributed by atoms with E-state index in [9.17, 15) is 4.79 Å². The Balaban J connectivity index is 2.83. The van der Waals surface area contributed by atoms with Crippen LogP contribution < -0.4 is 0 Å². The zero-order valence-corrected chi connectivity index (χ0v) is 8.54. The number of ether oxygens (including phenoxy) is 1. The lowest BCUT2D eigenvalue weighted by atomic mass is 10.1. The number of carboxylic acids is 1. The van der Waals surface area contributed by atoms with Crippen molar-refractivity contribution < 1.29 is 14.6 Å². The van der Waals surface area contributed by atoms with Crippen LogP contribution in [-0.2, 0) is 22.6 Å². The minimum Gasteiger partial charge on any atom is -0.481 e. The molecular weight excluding hydrogens is 204 g/mol. The van der Waals surface area contributed by atoms with Gasteiger partial charge in [-0.2, -0.15) is 0 Å². The first-order valence-corrected chi connectivity index (χ1v) is 4.49. The van der Waals surface area contributed by atoms with Crippen LogP contribution in [0, 0.1) is 0 Å². The monoisotopic (exact) mass is 214 g/mol. The van der Waals surface area contributed by atoms with Gasteiger partial charge in [-0.25, -0.2) is 0 Å². The minimum atomic E-state index is -0.861. The summed E-state index contributed by atoms with van der Waals surface area (Å²) in [5.41, 5.74) is 1.56. The highest BCUT2D eigenvalue weighted by molar-refractivity contribution is 6.31. The maximum Gasteiger partial charge on any atom is 0.307 e. The highest BCUT2D eigenvalue weighted by atomic mass is 35.5. The van der Waals surface area contributed by atoms with Crippen molar-refractivity contribution in [2.75, 3.05) is 7.11 Å². The summed E-state index contributed by atoms with van der Waals surface area (Å²) >= 11 is 5.92. The van der Waals surface area contributed by atoms with Crippen LogP contribution in [0.25, 0.3) is 0 Å². The SMILES string of the molecule is COCc1ccc(CC(=O)O)cc1Cl. The molecule has 0 unspecified atom stereocenters. The summed E-state index contributed by atoms with van der Waals surface area (Å²) in [7, 11) is 1.58. The van der Waals surface area contributed by atoms with Gasteiger partial charge >= 0.3 is 5.97 Å². The molecule has 0 aliphatic rings. The zero-order chi connectivity index (χ0) is 10.6. The molecule has 0 aliphatic heterocycles. The van der Waals surface area contributed by atoms with Crippen LogP contribution in [0.15, 0.2) is 18.2 Å². The Bertz CT molecular complexity index is 336. The lowest BCUT2D eigenvalue weighted by Gasteiger charge is -2.04. The Labute approximate surface area is 87.3 Å². The molecule has 1 aromatic carbocycles. The molecule has 0 aliphatic carbocycles. The number of carbonyl (C=O) groups is 1. The van der Waals surface area contributed by atoms with Gasteiger partial charge in [0.15, 0.2) is 0 Å². The Kier molecular flexibility index (Phi) is 3.92. The van der Waals surface area contributed by atoms with Crippen molar-refractivity contribution >= 4 is 17.6 Å². The highest BCUT2D eigenvalue weighted by Crippen LogP contribution is 2.18. The van der Waals surface area contributed by atoms with E-state index in [0.717, 1.165) is 5.56 Å². The molecule has 0 radical (unpaired) electrons. The molecule has 1 N–H and O–H groups in total. The molecular formula is C10H11ClO3. The minimum absolute atomic E-state index is 0.00696. The smallest absolute Gasteiger partial charge is 0.307 e. The number of halogens is 1. The van der Waals surface area contributed by atoms with Crippen molar-refractivity contribution in [1.82, 2.24) is 0 Å². The third kappa shape index (κ3) is 3.01. The van der Waals surface area contributed by atoms with Gasteiger partial charge in [0, 0.05) is 12.1 Å². The van der Waals surface area contributed by atoms with E-state index in [4.69, 9.17) is 21.4 Å². The molecule has 14 heavy (non-hydrogen) atoms. The van der Waals surface area contributed by atoms with Crippen LogP contribution in [0.3, 0.4) is 0 Å². The zero-order valence-electron chi connectivity index (χ0n) is 7.79. The number of methoxy groups -OCH3 is 1. The predicted octanol–water partition coefficient (Wildman–Crippen LogP) is 2.11. The Hall–Kier alpha value is -1.06. The maximum atomic E-state index is 10.4. The van der Waals surface area contributed by atoms with Crippen molar-refractivity contribution in [1.29, 1.82) is 0 Å². The van der Waals surface area contributed by atoms with Crippen LogP contribution in [0.1, 0.15) is 11.1 Å². The van der Waals surface area contributed by atoms with Gasteiger partial charge < -0.3 is 9.84 Å². The van der Waals surface area contributed by atoms with Crippen LogP contribution in [0.4, 0.5) is 0 Å². The average Bonchev–Trinajstić information content (AvgIpc) is 2.09. The second kappa shape index (κ2) is 4.98. The summed E-state index contributed by atoms with van der Waals surface area (Å²) in [4.78, 5) is 10.4. The van der Waals surface area contributed by atoms with E-state index < -0.39 is 5.97 Å². The number of benzene rings is 1. The molecule has 76 valence electrons. The maximum absolute atomic E-state index is 10.4. The van der Waals surface area contributed by atoms with Crippen molar-refractivity contribution in [3.8, 4) is 0 Å². The molecule has 0 bridgehead atoms. The van der Waals surface area contributed by atoms with Crippen LogP contribution in [0.2, 0.25) is 5.02 Å². The quantitative estimate of drug-likeness (QED) is 0.835. The van der Waals surface area contributed by atoms with E-state index in [1.807, 2.05) is 0 Å². The first-order valence-electron chi connectivity index (χ1n) is 4.11. The molecule has 1 aromatic rings. The van der Waals surface area contributed by atoms with Gasteiger partial charge in [-0.05, 0) is 17.2 Å². The normalized spacial score (nSPS) is 10.1. The van der Waals surface area contributed by atoms with Crippen molar-refractivity contribution in [3.63, 3.8) is 0 Å². The van der Waals surface area contributed by atoms with E-state index in [2.05, 4.69) is 0 Å². The number of rotatable bonds is 4. The fraction of sp³-hybridized carbons (Fsp3) is 0.300. The standard InChI is InChI=1S/C10H11ClO3/c1-14-6-8-3-2-7(4-9(8)11)5-10(12)13/h2-4H,5-6H2,1H3,(H,12,13). The summed E-state index contributed by atoms with van der Waals surface area (Å²) < 4.78 is 4.93. The van der Waals surface area contributed by atoms with Crippen molar-refractivity contribution in [3.05, 3.63) is 34.3 Å². The first-order chi connectivity index (χ1) is 6.63. The molecule has 0 saturated carbocycles. The fourth-order valence-corrected chi connectivity index (χ4v) is 1.41. The van der Waals surface area contributed by atoms with E-state index in [0.29, 0.717) is 17.2 Å². The molecule has 0 amide bonds. The lowest BCUT2D eigenvalue weighted by Crippen LogP contribution is -2.00. The number of aliphatic carboxylic acids is 1. The average molecular weight is 215 g/mol. The van der Waals surface area contributed by atoms with Gasteiger partial charge in [-0.15, -0.1) is 0 Å². The molecule has 0 heterocycles. The van der Waals surface area contributed by atoms with Crippen LogP contribution in [0.5, 0.6) is 0 Å². The molecule has 0 spiro atoms. The van der Waals surface area contributed by atoms with Gasteiger partial charge in [0.1, 0.15) is 0 Å². The van der Waals surface area contributed by atoms with E-state index in [1.54, 1.807) is 25.3 Å². The van der Waals surface area contributed by atoms with Gasteiger partial charge in [-0.3, -0.25) is 4.79 Å². The number of hydrogen-bond acceptors (Lipinski definition) is 2. The van der Waals surface area contributed by atoms with Crippen LogP contribution in [-0.4, -0.2) is 18.2 Å². The third-order valence-corrected chi connectivity index (χ3v) is 2.12. The molecule has 1 rings (SSSR count). The second-order valence-corrected chi connectivity index (χ2v) is 3.34. The summed E-state index contributed by atoms with van der Waals surface area (Å²) in [5, 5.41) is 9.11. The Morgan fingerprint density at radius 1 is 1.57 bits per heavy atom. The van der Waals surface area contributed by atoms with Crippen molar-refractivity contribution in [2.24, 2.45) is 0 Å². The van der Waals surface area contributed by atoms with E-state index in [1.165, 1.54) is 0 Å². The Morgan fingerprint density at radius 3 is 2.79 bits per heavy atom. The van der Waals surface area contributed by atoms with Gasteiger partial charge in [0.05, 0.1) is 13.0 Å². The first kappa shape index (κ1) is 11.0. The molecule has 0 fully saturated rings. The van der Waals surface area contributed by atoms with Crippen LogP contribution >= 0.6 is 11.6 Å². The number of carboxylic acid groups (broad SMARTS) is 1. The largest absolute Gasteiger partial charge is 0.481 e. The lowest BCUT2D eigenvalue weighted by molar-refractivity contribution is -0.136. The third-order valence-electron chi connectivity index (χ3n) is 1.77. The van der Waals surface area contributed by atoms with E-state index in [-0.39, 0.29) is 6.42 Å². The molecule has 0 saturated heterocycles. The topological polar surface area (TPSA) is 46.5 Å². The summed E-state index contributed by atoms with van der Waals surface area (Å²) in [6, 6.07) is 5.18. The van der Waals surface area contributed by atoms with E-state index >= 15 is 0 Å². The summed E-state index contributed by atoms with van der Waals surface area (Å²) in [6.07, 6.45) is -0.00696. The molecule has 0 atom stereocenters. The van der Waals surface area contributed by atoms with Gasteiger partial charge in [-0.1, -0.05) is 23.7 Å². The molecule has 4 heteroatoms. The summed E-state index contributed by atoms with van der Waals surface area (Å²) in [5.74, 6) is -0.861. The van der Waals surface area contributed by atoms with Gasteiger partial charge in [0.2, 0.25) is 0 Å². The molecule has 0 aromatic heterocycles. The Morgan fingerprint density at radius 2 is 2.29 bits per heavy atom. The predicted molar refractivity (Wildman–Crippen MR) is 53.5 cm³/mol. The number of hydrogen-bond donors (Lipinski definition) is 1. The molecule has 3 nitrogen and oxygen atoms in total.